The summed E-state index contributed by atoms with van der Waals surface area (Å²) in [7, 11) is 0. The van der Waals surface area contributed by atoms with Gasteiger partial charge >= 0.3 is 5.69 Å². The van der Waals surface area contributed by atoms with Gasteiger partial charge in [0.25, 0.3) is 4.92 Å². The average molecular weight is 312 g/mol. The van der Waals surface area contributed by atoms with Crippen LogP contribution in [0.3, 0.4) is 0 Å². The molecule has 2 aromatic rings. The van der Waals surface area contributed by atoms with Gasteiger partial charge in [0.2, 0.25) is 5.69 Å². The molecule has 0 radical (unpaired) electrons. The van der Waals surface area contributed by atoms with Crippen LogP contribution >= 0.6 is 0 Å². The van der Waals surface area contributed by atoms with E-state index in [2.05, 4.69) is 37.5 Å². The first-order chi connectivity index (χ1) is 10.8. The average Bonchev–Trinajstić information content (AvgIpc) is 2.70. The lowest BCUT2D eigenvalue weighted by atomic mass is 9.82. The summed E-state index contributed by atoms with van der Waals surface area (Å²) in [5, 5.41) is 19.2. The van der Waals surface area contributed by atoms with E-state index < -0.39 is 0 Å². The Morgan fingerprint density at radius 1 is 1.17 bits per heavy atom. The van der Waals surface area contributed by atoms with Crippen molar-refractivity contribution < 1.29 is 19.8 Å². The highest BCUT2D eigenvalue weighted by atomic mass is 16.6. The largest absolute Gasteiger partial charge is 0.507 e. The summed E-state index contributed by atoms with van der Waals surface area (Å²) in [6, 6.07) is 12.5. The van der Waals surface area contributed by atoms with E-state index in [1.54, 1.807) is 0 Å². The molecule has 0 saturated carbocycles. The fourth-order valence-corrected chi connectivity index (χ4v) is 3.14. The zero-order valence-corrected chi connectivity index (χ0v) is 13.4. The Kier molecular flexibility index (Phi) is 3.43. The SMILES string of the molecule is CC1=[N+](Cc2cc([N+](=O)O)ccc2O)c2ccccc2C1(C)C. The minimum absolute atomic E-state index is 0.0919. The van der Waals surface area contributed by atoms with E-state index in [4.69, 9.17) is 5.21 Å². The third-order valence-corrected chi connectivity index (χ3v) is 4.79. The summed E-state index contributed by atoms with van der Waals surface area (Å²) in [5.41, 5.74) is 4.10. The number of para-hydroxylation sites is 1. The van der Waals surface area contributed by atoms with Crippen molar-refractivity contribution in [1.29, 1.82) is 0 Å². The summed E-state index contributed by atoms with van der Waals surface area (Å²) in [6.07, 6.45) is 0. The number of hydrogen-bond acceptors (Lipinski definition) is 2. The number of rotatable bonds is 3. The van der Waals surface area contributed by atoms with Crippen molar-refractivity contribution in [2.45, 2.75) is 32.7 Å². The molecule has 5 heteroatoms. The Balaban J connectivity index is 2.09. The van der Waals surface area contributed by atoms with Gasteiger partial charge in [-0.3, -0.25) is 0 Å². The first-order valence-corrected chi connectivity index (χ1v) is 7.51. The molecule has 0 spiro atoms. The molecule has 0 saturated heterocycles. The van der Waals surface area contributed by atoms with E-state index in [0.717, 1.165) is 5.69 Å². The molecule has 2 aromatic carbocycles. The smallest absolute Gasteiger partial charge is 0.317 e. The fraction of sp³-hybridized carbons (Fsp3) is 0.278. The topological polar surface area (TPSA) is 63.5 Å². The maximum absolute atomic E-state index is 11.1. The van der Waals surface area contributed by atoms with Crippen molar-refractivity contribution in [3.8, 4) is 5.75 Å². The molecule has 3 rings (SSSR count). The lowest BCUT2D eigenvalue weighted by Crippen LogP contribution is -2.26. The Hall–Kier alpha value is -2.69. The second kappa shape index (κ2) is 5.19. The maximum atomic E-state index is 11.1. The van der Waals surface area contributed by atoms with Gasteiger partial charge in [-0.25, -0.2) is 5.21 Å². The van der Waals surface area contributed by atoms with Gasteiger partial charge < -0.3 is 5.11 Å². The summed E-state index contributed by atoms with van der Waals surface area (Å²) >= 11 is 0. The van der Waals surface area contributed by atoms with Crippen molar-refractivity contribution in [3.05, 3.63) is 58.5 Å². The molecule has 0 unspecified atom stereocenters. The summed E-state index contributed by atoms with van der Waals surface area (Å²) in [5.74, 6) is 0.102. The van der Waals surface area contributed by atoms with Crippen LogP contribution in [0.5, 0.6) is 5.75 Å². The maximum Gasteiger partial charge on any atom is 0.317 e. The lowest BCUT2D eigenvalue weighted by molar-refractivity contribution is -0.729. The highest BCUT2D eigenvalue weighted by Crippen LogP contribution is 2.40. The molecular formula is C18H20N2O3+2. The first kappa shape index (κ1) is 15.2. The first-order valence-electron chi connectivity index (χ1n) is 7.51. The van der Waals surface area contributed by atoms with Gasteiger partial charge in [0, 0.05) is 30.7 Å². The van der Waals surface area contributed by atoms with E-state index in [0.29, 0.717) is 12.1 Å². The minimum Gasteiger partial charge on any atom is -0.507 e. The molecule has 118 valence electrons. The molecule has 0 aromatic heterocycles. The number of hydrogen-bond donors (Lipinski definition) is 2. The van der Waals surface area contributed by atoms with Gasteiger partial charge in [0.1, 0.15) is 5.75 Å². The second-order valence-corrected chi connectivity index (χ2v) is 6.40. The molecule has 0 amide bonds. The molecule has 23 heavy (non-hydrogen) atoms. The van der Waals surface area contributed by atoms with E-state index in [-0.39, 0.29) is 21.8 Å². The molecule has 2 N–H and O–H groups in total. The lowest BCUT2D eigenvalue weighted by Gasteiger charge is -2.14. The zero-order valence-electron chi connectivity index (χ0n) is 13.4. The van der Waals surface area contributed by atoms with Gasteiger partial charge in [-0.1, -0.05) is 18.2 Å². The molecule has 0 fully saturated rings. The summed E-state index contributed by atoms with van der Waals surface area (Å²) in [4.78, 5) is 10.9. The van der Waals surface area contributed by atoms with Crippen LogP contribution in [-0.2, 0) is 12.0 Å². The van der Waals surface area contributed by atoms with E-state index in [9.17, 15) is 10.0 Å². The van der Waals surface area contributed by atoms with E-state index in [1.165, 1.54) is 29.5 Å². The van der Waals surface area contributed by atoms with Gasteiger partial charge in [-0.05, 0) is 19.9 Å². The number of nitrogens with zero attached hydrogens (tertiary/aromatic N) is 2. The van der Waals surface area contributed by atoms with Crippen molar-refractivity contribution in [2.75, 3.05) is 0 Å². The highest BCUT2D eigenvalue weighted by molar-refractivity contribution is 5.93. The second-order valence-electron chi connectivity index (χ2n) is 6.40. The van der Waals surface area contributed by atoms with Crippen LogP contribution in [-0.4, -0.2) is 25.5 Å². The number of phenols is 1. The van der Waals surface area contributed by atoms with Gasteiger partial charge in [-0.15, -0.1) is 0 Å². The molecule has 0 bridgehead atoms. The van der Waals surface area contributed by atoms with Crippen LogP contribution in [0.1, 0.15) is 31.9 Å². The van der Waals surface area contributed by atoms with Crippen LogP contribution in [0, 0.1) is 4.91 Å². The van der Waals surface area contributed by atoms with Crippen LogP contribution in [0.4, 0.5) is 11.4 Å². The van der Waals surface area contributed by atoms with Crippen molar-refractivity contribution in [1.82, 2.24) is 0 Å². The van der Waals surface area contributed by atoms with Crippen LogP contribution in [0.25, 0.3) is 0 Å². The number of benzene rings is 2. The van der Waals surface area contributed by atoms with Crippen LogP contribution in [0.2, 0.25) is 0 Å². The molecule has 1 aliphatic rings. The monoisotopic (exact) mass is 312 g/mol. The predicted molar refractivity (Wildman–Crippen MR) is 87.0 cm³/mol. The van der Waals surface area contributed by atoms with E-state index in [1.807, 2.05) is 12.1 Å². The normalized spacial score (nSPS) is 15.6. The molecule has 5 nitrogen and oxygen atoms in total. The Labute approximate surface area is 134 Å². The van der Waals surface area contributed by atoms with Gasteiger partial charge in [-0.2, -0.15) is 4.58 Å². The fourth-order valence-electron chi connectivity index (χ4n) is 3.14. The van der Waals surface area contributed by atoms with Crippen LogP contribution < -0.4 is 0 Å². The summed E-state index contributed by atoms with van der Waals surface area (Å²) < 4.78 is 2.14. The molecule has 1 aliphatic heterocycles. The summed E-state index contributed by atoms with van der Waals surface area (Å²) in [6.45, 7) is 6.85. The number of phenolic OH excluding ortho intramolecular Hbond substituents is 1. The zero-order chi connectivity index (χ0) is 16.8. The molecule has 1 heterocycles. The van der Waals surface area contributed by atoms with Gasteiger partial charge in [0.15, 0.2) is 12.3 Å². The molecule has 0 atom stereocenters. The van der Waals surface area contributed by atoms with Gasteiger partial charge in [0.05, 0.1) is 15.9 Å². The number of aromatic hydroxyl groups is 1. The Bertz CT molecular complexity index is 838. The van der Waals surface area contributed by atoms with Crippen LogP contribution in [0.15, 0.2) is 42.5 Å². The third kappa shape index (κ3) is 2.38. The highest BCUT2D eigenvalue weighted by Gasteiger charge is 2.42. The Morgan fingerprint density at radius 2 is 1.87 bits per heavy atom. The predicted octanol–water partition coefficient (Wildman–Crippen LogP) is 3.79. The molecular weight excluding hydrogens is 292 g/mol. The Morgan fingerprint density at radius 3 is 2.57 bits per heavy atom. The van der Waals surface area contributed by atoms with E-state index >= 15 is 0 Å². The van der Waals surface area contributed by atoms with Crippen molar-refractivity contribution in [2.24, 2.45) is 0 Å². The minimum atomic E-state index is -0.193. The van der Waals surface area contributed by atoms with Crippen molar-refractivity contribution in [3.63, 3.8) is 0 Å². The molecule has 0 aliphatic carbocycles. The number of fused-ring (bicyclic) bond motifs is 1. The standard InChI is InChI=1S/C18H19N2O3/c1-12-18(2,3)15-6-4-5-7-16(15)19(12)11-13-10-14(20(22)23)8-9-17(13)21/h4-10H,11H2,1-3H3,(H-,21,22,23)/q+1/p+1. The third-order valence-electron chi connectivity index (χ3n) is 4.79. The van der Waals surface area contributed by atoms with Crippen molar-refractivity contribution >= 4 is 17.1 Å². The quantitative estimate of drug-likeness (QED) is 0.669.